The Hall–Kier alpha value is -10.5. The summed E-state index contributed by atoms with van der Waals surface area (Å²) < 4.78 is 4.72. The number of Topliss-reactive ketones (excluding diaryl/α,β-unsaturated/α-hetero) is 1. The van der Waals surface area contributed by atoms with Crippen molar-refractivity contribution in [1.82, 2.24) is 24.9 Å². The molecule has 15 nitrogen and oxygen atoms in total. The van der Waals surface area contributed by atoms with E-state index in [1.807, 2.05) is 109 Å². The molecule has 95 heavy (non-hydrogen) atoms. The van der Waals surface area contributed by atoms with E-state index in [9.17, 15) is 30.3 Å². The van der Waals surface area contributed by atoms with Gasteiger partial charge in [-0.15, -0.1) is 69.0 Å². The average Bonchev–Trinajstić information content (AvgIpc) is 1.75. The summed E-state index contributed by atoms with van der Waals surface area (Å²) in [5.74, 6) is 31.7. The predicted octanol–water partition coefficient (Wildman–Crippen LogP) is 14.1. The lowest BCUT2D eigenvalue weighted by Gasteiger charge is -2.17. The number of terminal acetylenes is 1. The standard InChI is InChI=1S/C24H22N2O2S.C18H16N2OS.2C11H9NO2S.C11H9NOS/c1-4-21(27)12-6-9-18-8-5-11-20(14-18)26(3)13-7-10-19-15-22(28)24-23(16-19)29-17(2)25-24;1-13-19-18-16(21)11-14(12-17(18)22-13)7-6-10-20(2)15-8-4-3-5-9-15;2*1-7-12-11-9(14)5-8(3-2-4-13)6-10(11)15-7;1-3-4-8-5-9(13)11-10(6-8)14-7(2)12-11/h1,5,8,11,14-16,28H,6,9,12-13H2,2-3H3;3-5,8-9,11-12,21H,10H2,1-2H3;2*5-6,13-14H,4H2,1H3;5-6,13H,1-2H3. The lowest BCUT2D eigenvalue weighted by Crippen LogP contribution is -2.17. The van der Waals surface area contributed by atoms with Crippen molar-refractivity contribution in [1.29, 1.82) is 0 Å². The summed E-state index contributed by atoms with van der Waals surface area (Å²) in [6.07, 6.45) is 7.08. The van der Waals surface area contributed by atoms with Gasteiger partial charge < -0.3 is 45.5 Å². The monoisotopic (exact) mass is 1350 g/mol. The van der Waals surface area contributed by atoms with Crippen molar-refractivity contribution in [2.24, 2.45) is 0 Å². The van der Waals surface area contributed by atoms with Gasteiger partial charge in [-0.25, -0.2) is 24.9 Å². The summed E-state index contributed by atoms with van der Waals surface area (Å²) in [5.41, 5.74) is 10.4. The number of carbonyl (C=O) groups is 1. The number of ketones is 1. The number of hydrogen-bond acceptors (Lipinski definition) is 20. The largest absolute Gasteiger partial charge is 0.506 e. The number of aryl methyl sites for hydroxylation is 6. The maximum atomic E-state index is 11.2. The highest BCUT2D eigenvalue weighted by molar-refractivity contribution is 7.19. The number of anilines is 2. The van der Waals surface area contributed by atoms with E-state index >= 15 is 0 Å². The van der Waals surface area contributed by atoms with E-state index in [-0.39, 0.29) is 47.7 Å². The summed E-state index contributed by atoms with van der Waals surface area (Å²) in [7, 11) is 4.00. The summed E-state index contributed by atoms with van der Waals surface area (Å²) in [5, 5.41) is 71.0. The molecule has 0 fully saturated rings. The molecule has 0 aliphatic rings. The Morgan fingerprint density at radius 2 is 0.768 bits per heavy atom. The Labute approximate surface area is 571 Å². The maximum absolute atomic E-state index is 11.2. The number of aliphatic hydroxyl groups is 2. The number of nitrogens with zero attached hydrogens (tertiary/aromatic N) is 7. The van der Waals surface area contributed by atoms with E-state index in [0.29, 0.717) is 58.2 Å². The lowest BCUT2D eigenvalue weighted by atomic mass is 10.1. The highest BCUT2D eigenvalue weighted by atomic mass is 32.1. The van der Waals surface area contributed by atoms with Crippen LogP contribution >= 0.6 is 56.7 Å². The quantitative estimate of drug-likeness (QED) is 0.0554. The number of aromatic nitrogens is 5. The molecule has 7 N–H and O–H groups in total. The van der Waals surface area contributed by atoms with Crippen molar-refractivity contribution in [2.75, 3.05) is 50.2 Å². The smallest absolute Gasteiger partial charge is 0.205 e. The van der Waals surface area contributed by atoms with Crippen molar-refractivity contribution in [3.05, 3.63) is 174 Å². The second kappa shape index (κ2) is 33.9. The van der Waals surface area contributed by atoms with Crippen LogP contribution < -0.4 is 9.80 Å². The molecule has 0 saturated heterocycles. The number of rotatable bonds is 8. The minimum absolute atomic E-state index is 0.138. The number of aliphatic hydroxyl groups excluding tert-OH is 2. The van der Waals surface area contributed by atoms with Crippen molar-refractivity contribution < 1.29 is 40.5 Å². The molecule has 7 aromatic carbocycles. The summed E-state index contributed by atoms with van der Waals surface area (Å²) in [4.78, 5) is 36.7. The van der Waals surface area contributed by atoms with E-state index in [2.05, 4.69) is 124 Å². The molecule has 478 valence electrons. The third-order valence-electron chi connectivity index (χ3n) is 13.5. The Kier molecular flexibility index (Phi) is 25.1. The van der Waals surface area contributed by atoms with Crippen molar-refractivity contribution in [2.45, 2.75) is 60.8 Å². The molecule has 0 amide bonds. The highest BCUT2D eigenvalue weighted by Crippen LogP contribution is 2.35. The number of carbonyl (C=O) groups excluding carboxylic acids is 1. The number of thiazole rings is 5. The van der Waals surface area contributed by atoms with Crippen LogP contribution in [0.25, 0.3) is 51.1 Å². The van der Waals surface area contributed by atoms with Gasteiger partial charge in [0.2, 0.25) is 5.78 Å². The number of fused-ring (bicyclic) bond motifs is 5. The fourth-order valence-corrected chi connectivity index (χ4v) is 13.7. The Balaban J connectivity index is 0.000000157. The van der Waals surface area contributed by atoms with Crippen LogP contribution in [0.4, 0.5) is 11.4 Å². The first-order chi connectivity index (χ1) is 45.7. The van der Waals surface area contributed by atoms with E-state index in [4.69, 9.17) is 16.6 Å². The Bertz CT molecular complexity index is 5030. The van der Waals surface area contributed by atoms with Gasteiger partial charge in [-0.1, -0.05) is 83.6 Å². The number of para-hydroxylation sites is 1. The van der Waals surface area contributed by atoms with Crippen LogP contribution in [0.5, 0.6) is 28.7 Å². The van der Waals surface area contributed by atoms with E-state index in [1.165, 1.54) is 28.2 Å². The number of phenolic OH excluding ortho intramolecular Hbond substituents is 5. The van der Waals surface area contributed by atoms with Gasteiger partial charge in [0.1, 0.15) is 69.5 Å². The van der Waals surface area contributed by atoms with Crippen LogP contribution in [0.3, 0.4) is 0 Å². The lowest BCUT2D eigenvalue weighted by molar-refractivity contribution is -0.113. The summed E-state index contributed by atoms with van der Waals surface area (Å²) in [6, 6.07) is 36.1. The van der Waals surface area contributed by atoms with Gasteiger partial charge in [-0.2, -0.15) is 0 Å². The SMILES string of the molecule is C#CC(=O)CCCc1cccc(N(C)CC#Cc2cc(O)c3nc(C)sc3c2)c1.CC#Cc1cc(O)c2nc(C)sc2c1.Cc1nc2c(O)cc(C#CCN(C)c3ccccc3)cc2s1.Cc1nc2c(O)cc(C#CCO)cc2s1.Cc1nc2c(O)cc(C#CCO)cc2s1. The van der Waals surface area contributed by atoms with Crippen LogP contribution in [0.15, 0.2) is 115 Å². The molecule has 5 heterocycles. The van der Waals surface area contributed by atoms with E-state index in [1.54, 1.807) is 71.3 Å². The second-order valence-corrected chi connectivity index (χ2v) is 27.1. The van der Waals surface area contributed by atoms with Crippen molar-refractivity contribution in [3.63, 3.8) is 0 Å². The van der Waals surface area contributed by atoms with Gasteiger partial charge in [0.15, 0.2) is 0 Å². The average molecular weight is 1350 g/mol. The molecule has 12 rings (SSSR count). The van der Waals surface area contributed by atoms with E-state index < -0.39 is 0 Å². The highest BCUT2D eigenvalue weighted by Gasteiger charge is 2.12. The molecule has 0 atom stereocenters. The van der Waals surface area contributed by atoms with Crippen LogP contribution in [-0.4, -0.2) is 107 Å². The first-order valence-electron chi connectivity index (χ1n) is 29.4. The summed E-state index contributed by atoms with van der Waals surface area (Å²) in [6.45, 7) is 12.2. The van der Waals surface area contributed by atoms with Crippen LogP contribution in [0.1, 0.15) is 78.2 Å². The van der Waals surface area contributed by atoms with Gasteiger partial charge in [-0.3, -0.25) is 4.79 Å². The van der Waals surface area contributed by atoms with E-state index in [0.717, 1.165) is 89.4 Å². The molecule has 0 saturated carbocycles. The fraction of sp³-hybridized carbons (Fsp3) is 0.200. The third-order valence-corrected chi connectivity index (χ3v) is 18.1. The van der Waals surface area contributed by atoms with Crippen LogP contribution in [-0.2, 0) is 11.2 Å². The van der Waals surface area contributed by atoms with Crippen LogP contribution in [0, 0.1) is 106 Å². The Morgan fingerprint density at radius 3 is 1.11 bits per heavy atom. The zero-order chi connectivity index (χ0) is 68.1. The molecule has 5 aromatic heterocycles. The molecule has 20 heteroatoms. The van der Waals surface area contributed by atoms with Gasteiger partial charge in [-0.05, 0) is 151 Å². The molecule has 0 bridgehead atoms. The van der Waals surface area contributed by atoms with Gasteiger partial charge in [0.25, 0.3) is 0 Å². The Morgan fingerprint density at radius 1 is 0.442 bits per heavy atom. The molecule has 0 aliphatic heterocycles. The minimum atomic E-state index is -0.180. The number of hydrogen-bond donors (Lipinski definition) is 7. The first kappa shape index (κ1) is 70.4. The molecule has 0 unspecified atom stereocenters. The first-order valence-corrected chi connectivity index (χ1v) is 33.5. The normalized spacial score (nSPS) is 10.1. The molecule has 0 spiro atoms. The third kappa shape index (κ3) is 20.0. The molecule has 0 aliphatic carbocycles. The fourth-order valence-electron chi connectivity index (χ4n) is 9.26. The topological polar surface area (TPSA) is 230 Å². The zero-order valence-electron chi connectivity index (χ0n) is 53.2. The zero-order valence-corrected chi connectivity index (χ0v) is 57.3. The second-order valence-electron chi connectivity index (χ2n) is 20.9. The molecule has 0 radical (unpaired) electrons. The maximum Gasteiger partial charge on any atom is 0.205 e. The number of aromatic hydroxyl groups is 5. The number of phenols is 5. The van der Waals surface area contributed by atoms with Gasteiger partial charge >= 0.3 is 0 Å². The molecule has 12 aromatic rings. The number of benzene rings is 7. The predicted molar refractivity (Wildman–Crippen MR) is 391 cm³/mol. The molecular formula is C75H65N7O8S5. The van der Waals surface area contributed by atoms with Gasteiger partial charge in [0.05, 0.1) is 61.6 Å². The molecular weight excluding hydrogens is 1290 g/mol. The summed E-state index contributed by atoms with van der Waals surface area (Å²) >= 11 is 7.71. The van der Waals surface area contributed by atoms with Crippen molar-refractivity contribution >= 4 is 125 Å². The van der Waals surface area contributed by atoms with Crippen molar-refractivity contribution in [3.8, 4) is 100 Å². The minimum Gasteiger partial charge on any atom is -0.506 e. The van der Waals surface area contributed by atoms with Crippen LogP contribution in [0.2, 0.25) is 0 Å². The van der Waals surface area contributed by atoms with Gasteiger partial charge in [0, 0.05) is 59.7 Å².